The van der Waals surface area contributed by atoms with Crippen LogP contribution >= 0.6 is 11.6 Å². The number of hydrogen-bond acceptors (Lipinski definition) is 4. The topological polar surface area (TPSA) is 76.7 Å². The van der Waals surface area contributed by atoms with Gasteiger partial charge >= 0.3 is 13.2 Å². The van der Waals surface area contributed by atoms with E-state index in [9.17, 15) is 27.2 Å². The van der Waals surface area contributed by atoms with Crippen LogP contribution in [0.5, 0.6) is 11.5 Å². The largest absolute Gasteiger partial charge is 0.431 e. The van der Waals surface area contributed by atoms with Crippen LogP contribution in [0.4, 0.5) is 23.2 Å². The standard InChI is InChI=1S/C19H15ClF4N2O4/c1-25-17(28)12-9-11(20)4-5-13(12)26-16(27)7-3-10-2-6-14(29-18(21)22)15(8-10)30-19(23)24/h2-9,18-19H,1H3,(H,25,28)(H,26,27)/b7-3+. The Bertz CT molecular complexity index is 954. The summed E-state index contributed by atoms with van der Waals surface area (Å²) < 4.78 is 58.0. The van der Waals surface area contributed by atoms with Crippen molar-refractivity contribution in [1.82, 2.24) is 5.32 Å². The van der Waals surface area contributed by atoms with Gasteiger partial charge in [-0.25, -0.2) is 0 Å². The first-order valence-corrected chi connectivity index (χ1v) is 8.61. The third-order valence-electron chi connectivity index (χ3n) is 3.54. The first kappa shape index (κ1) is 23.0. The van der Waals surface area contributed by atoms with E-state index in [0.717, 1.165) is 18.2 Å². The van der Waals surface area contributed by atoms with Crippen molar-refractivity contribution in [2.75, 3.05) is 12.4 Å². The van der Waals surface area contributed by atoms with Gasteiger partial charge in [-0.1, -0.05) is 17.7 Å². The van der Waals surface area contributed by atoms with Gasteiger partial charge in [0.15, 0.2) is 11.5 Å². The van der Waals surface area contributed by atoms with Crippen molar-refractivity contribution in [3.05, 3.63) is 58.6 Å². The third kappa shape index (κ3) is 6.66. The number of ether oxygens (including phenoxy) is 2. The van der Waals surface area contributed by atoms with E-state index in [1.807, 2.05) is 0 Å². The number of halogens is 5. The van der Waals surface area contributed by atoms with E-state index >= 15 is 0 Å². The van der Waals surface area contributed by atoms with Gasteiger partial charge in [0.05, 0.1) is 11.3 Å². The number of nitrogens with one attached hydrogen (secondary N) is 2. The van der Waals surface area contributed by atoms with Crippen molar-refractivity contribution in [2.24, 2.45) is 0 Å². The maximum Gasteiger partial charge on any atom is 0.387 e. The zero-order valence-corrected chi connectivity index (χ0v) is 16.1. The van der Waals surface area contributed by atoms with Crippen molar-refractivity contribution >= 4 is 35.2 Å². The second kappa shape index (κ2) is 10.5. The smallest absolute Gasteiger partial charge is 0.387 e. The van der Waals surface area contributed by atoms with Crippen LogP contribution < -0.4 is 20.1 Å². The van der Waals surface area contributed by atoms with E-state index in [1.165, 1.54) is 37.4 Å². The monoisotopic (exact) mass is 446 g/mol. The van der Waals surface area contributed by atoms with E-state index in [0.29, 0.717) is 5.02 Å². The number of hydrogen-bond donors (Lipinski definition) is 2. The van der Waals surface area contributed by atoms with Crippen LogP contribution in [0.1, 0.15) is 15.9 Å². The van der Waals surface area contributed by atoms with Gasteiger partial charge in [-0.3, -0.25) is 9.59 Å². The number of alkyl halides is 4. The molecule has 11 heteroatoms. The molecule has 30 heavy (non-hydrogen) atoms. The molecule has 2 rings (SSSR count). The van der Waals surface area contributed by atoms with Gasteiger partial charge in [-0.15, -0.1) is 0 Å². The van der Waals surface area contributed by atoms with Crippen molar-refractivity contribution in [3.8, 4) is 11.5 Å². The molecule has 0 atom stereocenters. The number of rotatable bonds is 8. The average Bonchev–Trinajstić information content (AvgIpc) is 2.68. The molecule has 0 aromatic heterocycles. The zero-order chi connectivity index (χ0) is 22.3. The fourth-order valence-corrected chi connectivity index (χ4v) is 2.48. The molecular formula is C19H15ClF4N2O4. The van der Waals surface area contributed by atoms with Crippen LogP contribution in [0, 0.1) is 0 Å². The quantitative estimate of drug-likeness (QED) is 0.460. The van der Waals surface area contributed by atoms with Crippen LogP contribution in [0.2, 0.25) is 5.02 Å². The second-order valence-corrected chi connectivity index (χ2v) is 5.99. The van der Waals surface area contributed by atoms with Crippen molar-refractivity contribution < 1.29 is 36.6 Å². The lowest BCUT2D eigenvalue weighted by Crippen LogP contribution is -2.20. The van der Waals surface area contributed by atoms with Crippen molar-refractivity contribution in [1.29, 1.82) is 0 Å². The summed E-state index contributed by atoms with van der Waals surface area (Å²) in [7, 11) is 1.41. The molecule has 0 heterocycles. The minimum absolute atomic E-state index is 0.132. The van der Waals surface area contributed by atoms with Gasteiger partial charge < -0.3 is 20.1 Å². The number of benzene rings is 2. The molecule has 160 valence electrons. The van der Waals surface area contributed by atoms with E-state index in [2.05, 4.69) is 20.1 Å². The third-order valence-corrected chi connectivity index (χ3v) is 3.77. The summed E-state index contributed by atoms with van der Waals surface area (Å²) in [6.45, 7) is -6.49. The maximum atomic E-state index is 12.5. The van der Waals surface area contributed by atoms with Crippen molar-refractivity contribution in [2.45, 2.75) is 13.2 Å². The van der Waals surface area contributed by atoms with E-state index < -0.39 is 36.5 Å². The highest BCUT2D eigenvalue weighted by molar-refractivity contribution is 6.31. The Morgan fingerprint density at radius 1 is 1.00 bits per heavy atom. The Labute approximate surface area is 173 Å². The fraction of sp³-hybridized carbons (Fsp3) is 0.158. The summed E-state index contributed by atoms with van der Waals surface area (Å²) >= 11 is 5.86. The molecule has 0 aliphatic carbocycles. The summed E-state index contributed by atoms with van der Waals surface area (Å²) in [4.78, 5) is 24.1. The second-order valence-electron chi connectivity index (χ2n) is 5.55. The van der Waals surface area contributed by atoms with E-state index in [-0.39, 0.29) is 16.8 Å². The SMILES string of the molecule is CNC(=O)c1cc(Cl)ccc1NC(=O)/C=C/c1ccc(OC(F)F)c(OC(F)F)c1. The Kier molecular flexibility index (Phi) is 8.05. The Morgan fingerprint density at radius 2 is 1.67 bits per heavy atom. The minimum Gasteiger partial charge on any atom is -0.431 e. The van der Waals surface area contributed by atoms with Gasteiger partial charge in [-0.2, -0.15) is 17.6 Å². The molecule has 0 fully saturated rings. The van der Waals surface area contributed by atoms with E-state index in [1.54, 1.807) is 0 Å². The maximum absolute atomic E-state index is 12.5. The normalized spacial score (nSPS) is 11.1. The van der Waals surface area contributed by atoms with Gasteiger partial charge in [0.1, 0.15) is 0 Å². The highest BCUT2D eigenvalue weighted by Gasteiger charge is 2.15. The molecule has 0 saturated heterocycles. The lowest BCUT2D eigenvalue weighted by atomic mass is 10.1. The predicted octanol–water partition coefficient (Wildman–Crippen LogP) is 4.55. The van der Waals surface area contributed by atoms with Crippen LogP contribution in [-0.2, 0) is 4.79 Å². The first-order chi connectivity index (χ1) is 14.2. The average molecular weight is 447 g/mol. The molecule has 2 aromatic rings. The zero-order valence-electron chi connectivity index (χ0n) is 15.3. The van der Waals surface area contributed by atoms with Crippen LogP contribution in [0.25, 0.3) is 6.08 Å². The minimum atomic E-state index is -3.26. The number of carbonyl (C=O) groups is 2. The molecular weight excluding hydrogens is 432 g/mol. The molecule has 0 aliphatic rings. The predicted molar refractivity (Wildman–Crippen MR) is 102 cm³/mol. The highest BCUT2D eigenvalue weighted by Crippen LogP contribution is 2.31. The summed E-state index contributed by atoms with van der Waals surface area (Å²) in [6, 6.07) is 7.55. The molecule has 2 aromatic carbocycles. The molecule has 0 unspecified atom stereocenters. The summed E-state index contributed by atoms with van der Waals surface area (Å²) in [5, 5.41) is 5.19. The number of anilines is 1. The van der Waals surface area contributed by atoms with E-state index in [4.69, 9.17) is 11.6 Å². The lowest BCUT2D eigenvalue weighted by molar-refractivity contribution is -0.111. The van der Waals surface area contributed by atoms with Crippen LogP contribution in [0.15, 0.2) is 42.5 Å². The first-order valence-electron chi connectivity index (χ1n) is 8.24. The molecule has 2 N–H and O–H groups in total. The Balaban J connectivity index is 2.19. The summed E-state index contributed by atoms with van der Waals surface area (Å²) in [5.41, 5.74) is 0.522. The van der Waals surface area contributed by atoms with Gasteiger partial charge in [0, 0.05) is 18.1 Å². The van der Waals surface area contributed by atoms with Gasteiger partial charge in [0.25, 0.3) is 5.91 Å². The van der Waals surface area contributed by atoms with Crippen molar-refractivity contribution in [3.63, 3.8) is 0 Å². The fourth-order valence-electron chi connectivity index (χ4n) is 2.30. The molecule has 0 aliphatic heterocycles. The number of carbonyl (C=O) groups excluding carboxylic acids is 2. The molecule has 0 spiro atoms. The lowest BCUT2D eigenvalue weighted by Gasteiger charge is -2.12. The van der Waals surface area contributed by atoms with Gasteiger partial charge in [0.2, 0.25) is 5.91 Å². The molecule has 2 amide bonds. The molecule has 0 saturated carbocycles. The molecule has 0 bridgehead atoms. The summed E-state index contributed by atoms with van der Waals surface area (Å²) in [5.74, 6) is -2.32. The van der Waals surface area contributed by atoms with Crippen LogP contribution in [0.3, 0.4) is 0 Å². The highest BCUT2D eigenvalue weighted by atomic mass is 35.5. The Hall–Kier alpha value is -3.27. The molecule has 6 nitrogen and oxygen atoms in total. The Morgan fingerprint density at radius 3 is 2.30 bits per heavy atom. The molecule has 0 radical (unpaired) electrons. The van der Waals surface area contributed by atoms with Gasteiger partial charge in [-0.05, 0) is 42.0 Å². The number of amides is 2. The van der Waals surface area contributed by atoms with Crippen LogP contribution in [-0.4, -0.2) is 32.1 Å². The summed E-state index contributed by atoms with van der Waals surface area (Å²) in [6.07, 6.45) is 2.28.